The second kappa shape index (κ2) is 5.56. The molecule has 1 aromatic heterocycles. The molecule has 0 aliphatic carbocycles. The minimum Gasteiger partial charge on any atom is -0.497 e. The van der Waals surface area contributed by atoms with E-state index in [1.54, 1.807) is 11.7 Å². The molecule has 1 aliphatic rings. The molecule has 0 saturated heterocycles. The number of aryl methyl sites for hydroxylation is 1. The zero-order valence-corrected chi connectivity index (χ0v) is 13.4. The standard InChI is InChI=1S/C18H16N2O4/c1-3-20-14-9-16-15(23-10-24-16)8-13(14)17(19-18(20)21)11-4-6-12(22-2)7-5-11/h4-9H,3,10H2,1-2H3. The predicted octanol–water partition coefficient (Wildman–Crippen LogP) is 2.82. The minimum absolute atomic E-state index is 0.188. The first-order valence-corrected chi connectivity index (χ1v) is 7.70. The lowest BCUT2D eigenvalue weighted by Crippen LogP contribution is -2.23. The van der Waals surface area contributed by atoms with Gasteiger partial charge in [0.05, 0.1) is 18.3 Å². The van der Waals surface area contributed by atoms with E-state index in [4.69, 9.17) is 14.2 Å². The van der Waals surface area contributed by atoms with E-state index in [2.05, 4.69) is 4.98 Å². The highest BCUT2D eigenvalue weighted by molar-refractivity contribution is 5.94. The first-order chi connectivity index (χ1) is 11.7. The Morgan fingerprint density at radius 3 is 2.54 bits per heavy atom. The highest BCUT2D eigenvalue weighted by Crippen LogP contribution is 2.38. The van der Waals surface area contributed by atoms with Crippen LogP contribution in [0.25, 0.3) is 22.2 Å². The molecule has 4 rings (SSSR count). The molecule has 0 bridgehead atoms. The van der Waals surface area contributed by atoms with E-state index >= 15 is 0 Å². The fourth-order valence-corrected chi connectivity index (χ4v) is 2.94. The van der Waals surface area contributed by atoms with Gasteiger partial charge in [-0.3, -0.25) is 4.57 Å². The van der Waals surface area contributed by atoms with Crippen LogP contribution in [0.15, 0.2) is 41.2 Å². The Balaban J connectivity index is 2.02. The van der Waals surface area contributed by atoms with Crippen molar-refractivity contribution in [3.63, 3.8) is 0 Å². The summed E-state index contributed by atoms with van der Waals surface area (Å²) in [5, 5.41) is 0.853. The van der Waals surface area contributed by atoms with Crippen molar-refractivity contribution in [1.82, 2.24) is 9.55 Å². The third-order valence-corrected chi connectivity index (χ3v) is 4.15. The monoisotopic (exact) mass is 324 g/mol. The Morgan fingerprint density at radius 2 is 1.88 bits per heavy atom. The number of hydrogen-bond donors (Lipinski definition) is 0. The summed E-state index contributed by atoms with van der Waals surface area (Å²) in [6, 6.07) is 11.2. The van der Waals surface area contributed by atoms with Crippen LogP contribution in [-0.4, -0.2) is 23.5 Å². The van der Waals surface area contributed by atoms with Crippen LogP contribution < -0.4 is 19.9 Å². The number of hydrogen-bond acceptors (Lipinski definition) is 5. The average molecular weight is 324 g/mol. The van der Waals surface area contributed by atoms with Crippen LogP contribution in [0.2, 0.25) is 0 Å². The van der Waals surface area contributed by atoms with Gasteiger partial charge < -0.3 is 14.2 Å². The lowest BCUT2D eigenvalue weighted by molar-refractivity contribution is 0.174. The van der Waals surface area contributed by atoms with E-state index in [1.807, 2.05) is 43.3 Å². The summed E-state index contributed by atoms with van der Waals surface area (Å²) in [5.74, 6) is 2.07. The number of ether oxygens (including phenoxy) is 3. The SMILES string of the molecule is CCn1c(=O)nc(-c2ccc(OC)cc2)c2cc3c(cc21)OCO3. The normalized spacial score (nSPS) is 12.6. The quantitative estimate of drug-likeness (QED) is 0.741. The zero-order chi connectivity index (χ0) is 16.7. The smallest absolute Gasteiger partial charge is 0.348 e. The van der Waals surface area contributed by atoms with Gasteiger partial charge >= 0.3 is 5.69 Å². The molecular weight excluding hydrogens is 308 g/mol. The summed E-state index contributed by atoms with van der Waals surface area (Å²) in [5.41, 5.74) is 1.97. The van der Waals surface area contributed by atoms with Crippen molar-refractivity contribution in [2.24, 2.45) is 0 Å². The van der Waals surface area contributed by atoms with Gasteiger partial charge in [0, 0.05) is 23.6 Å². The van der Waals surface area contributed by atoms with Crippen molar-refractivity contribution in [2.75, 3.05) is 13.9 Å². The molecule has 24 heavy (non-hydrogen) atoms. The van der Waals surface area contributed by atoms with Gasteiger partial charge in [0.1, 0.15) is 5.75 Å². The number of methoxy groups -OCH3 is 1. The number of fused-ring (bicyclic) bond motifs is 2. The topological polar surface area (TPSA) is 62.6 Å². The molecule has 1 aliphatic heterocycles. The van der Waals surface area contributed by atoms with Crippen molar-refractivity contribution in [2.45, 2.75) is 13.5 Å². The maximum absolute atomic E-state index is 12.4. The average Bonchev–Trinajstić information content (AvgIpc) is 3.07. The Hall–Kier alpha value is -3.02. The Morgan fingerprint density at radius 1 is 1.17 bits per heavy atom. The van der Waals surface area contributed by atoms with Crippen LogP contribution in [0.4, 0.5) is 0 Å². The molecule has 0 fully saturated rings. The maximum Gasteiger partial charge on any atom is 0.348 e. The molecule has 0 N–H and O–H groups in total. The Labute approximate surface area is 138 Å². The van der Waals surface area contributed by atoms with Gasteiger partial charge in [-0.2, -0.15) is 4.98 Å². The van der Waals surface area contributed by atoms with Gasteiger partial charge in [-0.25, -0.2) is 4.79 Å². The summed E-state index contributed by atoms with van der Waals surface area (Å²) in [4.78, 5) is 16.7. The van der Waals surface area contributed by atoms with Crippen LogP contribution in [0.1, 0.15) is 6.92 Å². The maximum atomic E-state index is 12.4. The minimum atomic E-state index is -0.283. The zero-order valence-electron chi connectivity index (χ0n) is 13.4. The number of nitrogens with zero attached hydrogens (tertiary/aromatic N) is 2. The second-order valence-corrected chi connectivity index (χ2v) is 5.44. The summed E-state index contributed by atoms with van der Waals surface area (Å²) in [7, 11) is 1.62. The molecular formula is C18H16N2O4. The first kappa shape index (κ1) is 14.6. The fourth-order valence-electron chi connectivity index (χ4n) is 2.94. The van der Waals surface area contributed by atoms with Gasteiger partial charge in [0.15, 0.2) is 11.5 Å². The summed E-state index contributed by atoms with van der Waals surface area (Å²) in [6.07, 6.45) is 0. The molecule has 2 aromatic carbocycles. The molecule has 0 saturated carbocycles. The number of benzene rings is 2. The van der Waals surface area contributed by atoms with Crippen molar-refractivity contribution in [3.05, 3.63) is 46.9 Å². The molecule has 0 amide bonds. The summed E-state index contributed by atoms with van der Waals surface area (Å²) in [6.45, 7) is 2.64. The van der Waals surface area contributed by atoms with Gasteiger partial charge in [-0.05, 0) is 37.3 Å². The first-order valence-electron chi connectivity index (χ1n) is 7.70. The van der Waals surface area contributed by atoms with Crippen LogP contribution in [-0.2, 0) is 6.54 Å². The van der Waals surface area contributed by atoms with E-state index in [1.165, 1.54) is 0 Å². The van der Waals surface area contributed by atoms with E-state index in [9.17, 15) is 4.79 Å². The lowest BCUT2D eigenvalue weighted by atomic mass is 10.1. The Kier molecular flexibility index (Phi) is 3.37. The van der Waals surface area contributed by atoms with Crippen LogP contribution in [0.3, 0.4) is 0 Å². The lowest BCUT2D eigenvalue weighted by Gasteiger charge is -2.12. The molecule has 2 heterocycles. The van der Waals surface area contributed by atoms with E-state index in [-0.39, 0.29) is 12.5 Å². The molecule has 0 atom stereocenters. The van der Waals surface area contributed by atoms with Gasteiger partial charge in [-0.1, -0.05) is 0 Å². The van der Waals surface area contributed by atoms with Gasteiger partial charge in [0.25, 0.3) is 0 Å². The predicted molar refractivity (Wildman–Crippen MR) is 89.8 cm³/mol. The van der Waals surface area contributed by atoms with Crippen LogP contribution >= 0.6 is 0 Å². The van der Waals surface area contributed by atoms with Crippen LogP contribution in [0.5, 0.6) is 17.2 Å². The molecule has 3 aromatic rings. The van der Waals surface area contributed by atoms with E-state index in [0.717, 1.165) is 22.2 Å². The molecule has 0 radical (unpaired) electrons. The van der Waals surface area contributed by atoms with Crippen molar-refractivity contribution >= 4 is 10.9 Å². The second-order valence-electron chi connectivity index (χ2n) is 5.44. The third-order valence-electron chi connectivity index (χ3n) is 4.15. The van der Waals surface area contributed by atoms with Crippen molar-refractivity contribution < 1.29 is 14.2 Å². The summed E-state index contributed by atoms with van der Waals surface area (Å²) < 4.78 is 17.7. The largest absolute Gasteiger partial charge is 0.497 e. The number of rotatable bonds is 3. The van der Waals surface area contributed by atoms with Gasteiger partial charge in [0.2, 0.25) is 6.79 Å². The fraction of sp³-hybridized carbons (Fsp3) is 0.222. The van der Waals surface area contributed by atoms with E-state index < -0.39 is 0 Å². The van der Waals surface area contributed by atoms with E-state index in [0.29, 0.717) is 23.7 Å². The van der Waals surface area contributed by atoms with Gasteiger partial charge in [-0.15, -0.1) is 0 Å². The third kappa shape index (κ3) is 2.19. The van der Waals surface area contributed by atoms with Crippen molar-refractivity contribution in [3.8, 4) is 28.5 Å². The molecule has 6 heteroatoms. The number of aromatic nitrogens is 2. The van der Waals surface area contributed by atoms with Crippen molar-refractivity contribution in [1.29, 1.82) is 0 Å². The highest BCUT2D eigenvalue weighted by Gasteiger charge is 2.19. The molecule has 6 nitrogen and oxygen atoms in total. The molecule has 0 unspecified atom stereocenters. The van der Waals surface area contributed by atoms with Crippen LogP contribution in [0, 0.1) is 0 Å². The molecule has 122 valence electrons. The Bertz CT molecular complexity index is 977. The summed E-state index contributed by atoms with van der Waals surface area (Å²) >= 11 is 0. The highest BCUT2D eigenvalue weighted by atomic mass is 16.7. The molecule has 0 spiro atoms.